The zero-order valence-corrected chi connectivity index (χ0v) is 11.6. The molecule has 0 aliphatic carbocycles. The van der Waals surface area contributed by atoms with Crippen molar-refractivity contribution in [2.24, 2.45) is 0 Å². The van der Waals surface area contributed by atoms with E-state index >= 15 is 0 Å². The van der Waals surface area contributed by atoms with Crippen LogP contribution in [0.2, 0.25) is 10.0 Å². The zero-order valence-electron chi connectivity index (χ0n) is 10.1. The van der Waals surface area contributed by atoms with Gasteiger partial charge < -0.3 is 5.32 Å². The summed E-state index contributed by atoms with van der Waals surface area (Å²) in [6.45, 7) is 0.155. The molecule has 2 aromatic carbocycles. The Morgan fingerprint density at radius 1 is 1.20 bits per heavy atom. The first-order valence-electron chi connectivity index (χ1n) is 5.59. The highest BCUT2D eigenvalue weighted by Gasteiger charge is 2.14. The number of anilines is 1. The van der Waals surface area contributed by atoms with Crippen LogP contribution in [-0.4, -0.2) is 4.92 Å². The lowest BCUT2D eigenvalue weighted by atomic mass is 10.1. The van der Waals surface area contributed by atoms with Crippen LogP contribution < -0.4 is 5.32 Å². The first-order valence-corrected chi connectivity index (χ1v) is 6.34. The third kappa shape index (κ3) is 3.37. The number of nitrogens with one attached hydrogen (secondary N) is 1. The quantitative estimate of drug-likeness (QED) is 0.660. The minimum absolute atomic E-state index is 0.0415. The number of hydrogen-bond acceptors (Lipinski definition) is 3. The summed E-state index contributed by atoms with van der Waals surface area (Å²) in [5, 5.41) is 14.4. The maximum absolute atomic E-state index is 12.9. The SMILES string of the molecule is O=[N+]([O-])c1ccc(Cl)cc1CNc1ccc(F)cc1Cl. The van der Waals surface area contributed by atoms with E-state index in [-0.39, 0.29) is 17.3 Å². The fourth-order valence-corrected chi connectivity index (χ4v) is 2.13. The van der Waals surface area contributed by atoms with E-state index in [1.54, 1.807) is 0 Å². The van der Waals surface area contributed by atoms with Gasteiger partial charge >= 0.3 is 0 Å². The highest BCUT2D eigenvalue weighted by Crippen LogP contribution is 2.26. The molecule has 0 aliphatic heterocycles. The van der Waals surface area contributed by atoms with Gasteiger partial charge in [0.15, 0.2) is 0 Å². The molecule has 0 radical (unpaired) electrons. The van der Waals surface area contributed by atoms with Gasteiger partial charge in [-0.2, -0.15) is 0 Å². The predicted octanol–water partition coefficient (Wildman–Crippen LogP) is 4.65. The summed E-state index contributed by atoms with van der Waals surface area (Å²) in [7, 11) is 0. The van der Waals surface area contributed by atoms with E-state index in [4.69, 9.17) is 23.2 Å². The number of halogens is 3. The van der Waals surface area contributed by atoms with Gasteiger partial charge in [0.1, 0.15) is 5.82 Å². The molecule has 0 heterocycles. The molecule has 0 amide bonds. The van der Waals surface area contributed by atoms with Gasteiger partial charge in [0.2, 0.25) is 0 Å². The molecule has 0 saturated heterocycles. The van der Waals surface area contributed by atoms with Crippen molar-refractivity contribution < 1.29 is 9.31 Å². The molecule has 0 spiro atoms. The van der Waals surface area contributed by atoms with E-state index < -0.39 is 10.7 Å². The molecule has 0 unspecified atom stereocenters. The second-order valence-corrected chi connectivity index (χ2v) is 4.85. The molecule has 0 atom stereocenters. The van der Waals surface area contributed by atoms with Crippen LogP contribution in [0.5, 0.6) is 0 Å². The third-order valence-electron chi connectivity index (χ3n) is 2.64. The summed E-state index contributed by atoms with van der Waals surface area (Å²) in [4.78, 5) is 10.4. The fourth-order valence-electron chi connectivity index (χ4n) is 1.70. The number of rotatable bonds is 4. The van der Waals surface area contributed by atoms with E-state index in [1.165, 1.54) is 30.3 Å². The van der Waals surface area contributed by atoms with Crippen LogP contribution >= 0.6 is 23.2 Å². The molecule has 0 aliphatic rings. The van der Waals surface area contributed by atoms with Crippen molar-refractivity contribution in [2.45, 2.75) is 6.54 Å². The van der Waals surface area contributed by atoms with Crippen molar-refractivity contribution in [2.75, 3.05) is 5.32 Å². The monoisotopic (exact) mass is 314 g/mol. The summed E-state index contributed by atoms with van der Waals surface area (Å²) in [6, 6.07) is 8.18. The first-order chi connectivity index (χ1) is 9.47. The van der Waals surface area contributed by atoms with E-state index in [0.717, 1.165) is 6.07 Å². The van der Waals surface area contributed by atoms with E-state index in [1.807, 2.05) is 0 Å². The molecule has 0 fully saturated rings. The summed E-state index contributed by atoms with van der Waals surface area (Å²) in [5.74, 6) is -0.450. The average Bonchev–Trinajstić information content (AvgIpc) is 2.37. The first kappa shape index (κ1) is 14.6. The number of nitro benzene ring substituents is 1. The predicted molar refractivity (Wildman–Crippen MR) is 76.8 cm³/mol. The highest BCUT2D eigenvalue weighted by molar-refractivity contribution is 6.33. The second-order valence-electron chi connectivity index (χ2n) is 4.01. The maximum Gasteiger partial charge on any atom is 0.274 e. The number of hydrogen-bond donors (Lipinski definition) is 1. The van der Waals surface area contributed by atoms with Gasteiger partial charge in [-0.25, -0.2) is 4.39 Å². The van der Waals surface area contributed by atoms with Crippen molar-refractivity contribution in [3.05, 3.63) is 67.9 Å². The van der Waals surface area contributed by atoms with Crippen LogP contribution in [0, 0.1) is 15.9 Å². The summed E-state index contributed by atoms with van der Waals surface area (Å²) in [6.07, 6.45) is 0. The van der Waals surface area contributed by atoms with Crippen LogP contribution in [0.1, 0.15) is 5.56 Å². The largest absolute Gasteiger partial charge is 0.379 e. The Bertz CT molecular complexity index is 665. The second kappa shape index (κ2) is 6.07. The van der Waals surface area contributed by atoms with Crippen LogP contribution in [0.4, 0.5) is 15.8 Å². The molecular weight excluding hydrogens is 306 g/mol. The molecule has 7 heteroatoms. The van der Waals surface area contributed by atoms with Gasteiger partial charge in [0.05, 0.1) is 21.2 Å². The number of nitrogens with zero attached hydrogens (tertiary/aromatic N) is 1. The Morgan fingerprint density at radius 3 is 2.60 bits per heavy atom. The minimum Gasteiger partial charge on any atom is -0.379 e. The van der Waals surface area contributed by atoms with Crippen molar-refractivity contribution >= 4 is 34.6 Å². The minimum atomic E-state index is -0.486. The molecule has 20 heavy (non-hydrogen) atoms. The zero-order chi connectivity index (χ0) is 14.7. The highest BCUT2D eigenvalue weighted by atomic mass is 35.5. The standard InChI is InChI=1S/C13H9Cl2FN2O2/c14-9-1-4-13(18(19)20)8(5-9)7-17-12-3-2-10(16)6-11(12)15/h1-6,17H,7H2. The van der Waals surface area contributed by atoms with Crippen molar-refractivity contribution in [1.29, 1.82) is 0 Å². The van der Waals surface area contributed by atoms with Gasteiger partial charge in [-0.1, -0.05) is 23.2 Å². The summed E-state index contributed by atoms with van der Waals surface area (Å²) >= 11 is 11.7. The van der Waals surface area contributed by atoms with Gasteiger partial charge in [-0.05, 0) is 30.3 Å². The van der Waals surface area contributed by atoms with Crippen LogP contribution in [0.3, 0.4) is 0 Å². The van der Waals surface area contributed by atoms with Gasteiger partial charge in [-0.3, -0.25) is 10.1 Å². The average molecular weight is 315 g/mol. The Balaban J connectivity index is 2.22. The van der Waals surface area contributed by atoms with E-state index in [2.05, 4.69) is 5.32 Å². The van der Waals surface area contributed by atoms with E-state index in [0.29, 0.717) is 16.3 Å². The van der Waals surface area contributed by atoms with Crippen LogP contribution in [-0.2, 0) is 6.54 Å². The Kier molecular flexibility index (Phi) is 4.42. The molecule has 2 rings (SSSR count). The molecular formula is C13H9Cl2FN2O2. The van der Waals surface area contributed by atoms with Crippen molar-refractivity contribution in [1.82, 2.24) is 0 Å². The Morgan fingerprint density at radius 2 is 1.95 bits per heavy atom. The number of benzene rings is 2. The maximum atomic E-state index is 12.9. The lowest BCUT2D eigenvalue weighted by Crippen LogP contribution is -2.03. The van der Waals surface area contributed by atoms with Gasteiger partial charge in [-0.15, -0.1) is 0 Å². The van der Waals surface area contributed by atoms with Gasteiger partial charge in [0, 0.05) is 17.6 Å². The fraction of sp³-hybridized carbons (Fsp3) is 0.0769. The molecule has 0 bridgehead atoms. The Hall–Kier alpha value is -1.85. The smallest absolute Gasteiger partial charge is 0.274 e. The Labute approximate surface area is 124 Å². The third-order valence-corrected chi connectivity index (χ3v) is 3.19. The molecule has 104 valence electrons. The number of nitro groups is 1. The topological polar surface area (TPSA) is 55.2 Å². The van der Waals surface area contributed by atoms with Crippen LogP contribution in [0.15, 0.2) is 36.4 Å². The van der Waals surface area contributed by atoms with E-state index in [9.17, 15) is 14.5 Å². The van der Waals surface area contributed by atoms with Gasteiger partial charge in [0.25, 0.3) is 5.69 Å². The lowest BCUT2D eigenvalue weighted by Gasteiger charge is -2.09. The molecule has 1 N–H and O–H groups in total. The van der Waals surface area contributed by atoms with Crippen LogP contribution in [0.25, 0.3) is 0 Å². The summed E-state index contributed by atoms with van der Waals surface area (Å²) in [5.41, 5.74) is 0.866. The molecule has 2 aromatic rings. The molecule has 0 saturated carbocycles. The molecule has 0 aromatic heterocycles. The summed E-state index contributed by atoms with van der Waals surface area (Å²) < 4.78 is 12.9. The van der Waals surface area contributed by atoms with Crippen molar-refractivity contribution in [3.8, 4) is 0 Å². The van der Waals surface area contributed by atoms with Crippen molar-refractivity contribution in [3.63, 3.8) is 0 Å². The molecule has 4 nitrogen and oxygen atoms in total. The lowest BCUT2D eigenvalue weighted by molar-refractivity contribution is -0.385. The normalized spacial score (nSPS) is 10.3.